The highest BCUT2D eigenvalue weighted by atomic mass is 79.9. The molecule has 8 heavy (non-hydrogen) atoms. The molecule has 0 fully saturated rings. The van der Waals surface area contributed by atoms with Gasteiger partial charge in [0.15, 0.2) is 0 Å². The van der Waals surface area contributed by atoms with Crippen molar-refractivity contribution in [1.82, 2.24) is 0 Å². The van der Waals surface area contributed by atoms with Crippen molar-refractivity contribution in [1.29, 1.82) is 0 Å². The summed E-state index contributed by atoms with van der Waals surface area (Å²) in [6.45, 7) is 0.440. The maximum atomic E-state index is 9.73. The van der Waals surface area contributed by atoms with Gasteiger partial charge in [-0.2, -0.15) is 0 Å². The van der Waals surface area contributed by atoms with Crippen LogP contribution in [-0.2, 0) is 9.84 Å². The Bertz CT molecular complexity index is 51.3. The lowest BCUT2D eigenvalue weighted by molar-refractivity contribution is 0.0698. The van der Waals surface area contributed by atoms with Crippen molar-refractivity contribution in [2.24, 2.45) is 0 Å². The zero-order valence-corrected chi connectivity index (χ0v) is 6.61. The molecule has 0 aliphatic heterocycles. The van der Waals surface area contributed by atoms with Crippen molar-refractivity contribution in [3.63, 3.8) is 0 Å². The summed E-state index contributed by atoms with van der Waals surface area (Å²) in [5, 5.41) is 9.73. The van der Waals surface area contributed by atoms with Crippen molar-refractivity contribution >= 4 is 27.5 Å². The molecule has 0 spiro atoms. The molecule has 0 aromatic heterocycles. The first-order chi connectivity index (χ1) is 3.77. The minimum atomic E-state index is -0.198. The largest absolute Gasteiger partial charge is 0.377 e. The van der Waals surface area contributed by atoms with Gasteiger partial charge < -0.3 is 4.74 Å². The van der Waals surface area contributed by atoms with E-state index in [2.05, 4.69) is 15.9 Å². The SMILES string of the molecule is [O]CCOCC(Cl)Br. The first kappa shape index (κ1) is 8.69. The molecule has 0 saturated carbocycles. The third kappa shape index (κ3) is 6.69. The molecule has 0 rings (SSSR count). The van der Waals surface area contributed by atoms with E-state index in [9.17, 15) is 5.11 Å². The summed E-state index contributed by atoms with van der Waals surface area (Å²) in [4.78, 5) is 0. The smallest absolute Gasteiger partial charge is 0.112 e. The molecular weight excluding hydrogens is 195 g/mol. The average molecular weight is 202 g/mol. The maximum absolute atomic E-state index is 9.73. The Morgan fingerprint density at radius 2 is 2.38 bits per heavy atom. The fourth-order valence-corrected chi connectivity index (χ4v) is 0.507. The van der Waals surface area contributed by atoms with Crippen molar-refractivity contribution in [3.05, 3.63) is 0 Å². The van der Waals surface area contributed by atoms with Crippen LogP contribution in [0.2, 0.25) is 0 Å². The Kier molecular flexibility index (Phi) is 6.32. The highest BCUT2D eigenvalue weighted by molar-refractivity contribution is 9.10. The number of ether oxygens (including phenoxy) is 1. The standard InChI is InChI=1S/C4H7BrClO2/c5-4(6)3-8-2-1-7/h4H,1-3H2. The van der Waals surface area contributed by atoms with Crippen LogP contribution >= 0.6 is 27.5 Å². The average Bonchev–Trinajstić information content (AvgIpc) is 1.66. The van der Waals surface area contributed by atoms with Gasteiger partial charge in [0.1, 0.15) is 10.9 Å². The van der Waals surface area contributed by atoms with E-state index in [0.29, 0.717) is 6.61 Å². The highest BCUT2D eigenvalue weighted by Crippen LogP contribution is 2.03. The summed E-state index contributed by atoms with van der Waals surface area (Å²) >= 11 is 8.45. The second kappa shape index (κ2) is 5.82. The van der Waals surface area contributed by atoms with E-state index < -0.39 is 0 Å². The van der Waals surface area contributed by atoms with Gasteiger partial charge in [-0.1, -0.05) is 15.9 Å². The molecule has 49 valence electrons. The Morgan fingerprint density at radius 1 is 1.75 bits per heavy atom. The summed E-state index contributed by atoms with van der Waals surface area (Å²) in [5.41, 5.74) is 0. The first-order valence-corrected chi connectivity index (χ1v) is 3.56. The van der Waals surface area contributed by atoms with Crippen LogP contribution in [0.25, 0.3) is 0 Å². The molecule has 0 amide bonds. The van der Waals surface area contributed by atoms with Gasteiger partial charge >= 0.3 is 0 Å². The number of hydrogen-bond acceptors (Lipinski definition) is 1. The normalized spacial score (nSPS) is 13.9. The Morgan fingerprint density at radius 3 is 2.75 bits per heavy atom. The van der Waals surface area contributed by atoms with Crippen molar-refractivity contribution in [3.8, 4) is 0 Å². The molecule has 2 nitrogen and oxygen atoms in total. The van der Waals surface area contributed by atoms with E-state index in [0.717, 1.165) is 0 Å². The van der Waals surface area contributed by atoms with E-state index >= 15 is 0 Å². The van der Waals surface area contributed by atoms with E-state index in [1.807, 2.05) is 0 Å². The fourth-order valence-electron chi connectivity index (χ4n) is 0.231. The minimum absolute atomic E-state index is 0.172. The van der Waals surface area contributed by atoms with Gasteiger partial charge in [-0.3, -0.25) is 0 Å². The third-order valence-corrected chi connectivity index (χ3v) is 0.862. The van der Waals surface area contributed by atoms with Gasteiger partial charge in [0.25, 0.3) is 0 Å². The third-order valence-electron chi connectivity index (χ3n) is 0.472. The monoisotopic (exact) mass is 201 g/mol. The van der Waals surface area contributed by atoms with Crippen molar-refractivity contribution < 1.29 is 9.84 Å². The lowest BCUT2D eigenvalue weighted by atomic mass is 10.7. The molecule has 0 aromatic carbocycles. The molecule has 0 bridgehead atoms. The van der Waals surface area contributed by atoms with Crippen molar-refractivity contribution in [2.75, 3.05) is 19.8 Å². The molecule has 1 atom stereocenters. The molecule has 0 aromatic rings. The number of hydrogen-bond donors (Lipinski definition) is 0. The molecule has 0 N–H and O–H groups in total. The minimum Gasteiger partial charge on any atom is -0.377 e. The second-order valence-electron chi connectivity index (χ2n) is 1.17. The molecule has 0 heterocycles. The summed E-state index contributed by atoms with van der Waals surface area (Å²) in [6, 6.07) is 0. The van der Waals surface area contributed by atoms with Gasteiger partial charge in [0.2, 0.25) is 0 Å². The van der Waals surface area contributed by atoms with E-state index in [1.54, 1.807) is 0 Å². The number of halogens is 2. The molecular formula is C4H7BrClO2. The lowest BCUT2D eigenvalue weighted by Gasteiger charge is -1.99. The molecule has 0 aliphatic rings. The first-order valence-electron chi connectivity index (χ1n) is 2.21. The highest BCUT2D eigenvalue weighted by Gasteiger charge is 1.95. The Hall–Kier alpha value is 0.690. The number of rotatable bonds is 4. The van der Waals surface area contributed by atoms with Crippen LogP contribution in [0.3, 0.4) is 0 Å². The maximum Gasteiger partial charge on any atom is 0.112 e. The molecule has 1 unspecified atom stereocenters. The molecule has 1 radical (unpaired) electrons. The predicted octanol–water partition coefficient (Wildman–Crippen LogP) is 1.39. The van der Waals surface area contributed by atoms with Gasteiger partial charge in [-0.15, -0.1) is 11.6 Å². The van der Waals surface area contributed by atoms with Gasteiger partial charge in [-0.25, -0.2) is 5.11 Å². The zero-order chi connectivity index (χ0) is 6.41. The van der Waals surface area contributed by atoms with Gasteiger partial charge in [-0.05, 0) is 0 Å². The summed E-state index contributed by atoms with van der Waals surface area (Å²) in [7, 11) is 0. The van der Waals surface area contributed by atoms with Gasteiger partial charge in [0.05, 0.1) is 13.2 Å². The quantitative estimate of drug-likeness (QED) is 0.500. The Balaban J connectivity index is 2.72. The van der Waals surface area contributed by atoms with E-state index in [4.69, 9.17) is 16.3 Å². The van der Waals surface area contributed by atoms with Crippen LogP contribution in [0.1, 0.15) is 0 Å². The van der Waals surface area contributed by atoms with Crippen LogP contribution in [-0.4, -0.2) is 24.1 Å². The topological polar surface area (TPSA) is 29.1 Å². The van der Waals surface area contributed by atoms with E-state index in [-0.39, 0.29) is 17.5 Å². The number of alkyl halides is 2. The lowest BCUT2D eigenvalue weighted by Crippen LogP contribution is -2.04. The summed E-state index contributed by atoms with van der Waals surface area (Å²) in [5.74, 6) is 0. The van der Waals surface area contributed by atoms with Crippen LogP contribution in [0.5, 0.6) is 0 Å². The molecule has 0 aliphatic carbocycles. The van der Waals surface area contributed by atoms with Crippen LogP contribution < -0.4 is 0 Å². The van der Waals surface area contributed by atoms with Crippen molar-refractivity contribution in [2.45, 2.75) is 4.29 Å². The fraction of sp³-hybridized carbons (Fsp3) is 1.00. The zero-order valence-electron chi connectivity index (χ0n) is 4.27. The van der Waals surface area contributed by atoms with E-state index in [1.165, 1.54) is 0 Å². The van der Waals surface area contributed by atoms with Crippen LogP contribution in [0, 0.1) is 0 Å². The summed E-state index contributed by atoms with van der Waals surface area (Å²) < 4.78 is 4.58. The predicted molar refractivity (Wildman–Crippen MR) is 34.9 cm³/mol. The summed E-state index contributed by atoms with van der Waals surface area (Å²) in [6.07, 6.45) is 0. The van der Waals surface area contributed by atoms with Gasteiger partial charge in [0, 0.05) is 0 Å². The van der Waals surface area contributed by atoms with Crippen LogP contribution in [0.15, 0.2) is 0 Å². The Labute approximate surface area is 61.9 Å². The molecule has 0 saturated heterocycles. The molecule has 4 heteroatoms. The second-order valence-corrected chi connectivity index (χ2v) is 3.33. The van der Waals surface area contributed by atoms with Crippen LogP contribution in [0.4, 0.5) is 0 Å².